The summed E-state index contributed by atoms with van der Waals surface area (Å²) in [5.41, 5.74) is -0.927. The van der Waals surface area contributed by atoms with Gasteiger partial charge in [-0.25, -0.2) is 46.3 Å². The number of esters is 1. The van der Waals surface area contributed by atoms with Gasteiger partial charge in [-0.3, -0.25) is 23.9 Å². The number of aryl methyl sites for hydroxylation is 1. The second kappa shape index (κ2) is 17.6. The van der Waals surface area contributed by atoms with Crippen LogP contribution in [0.1, 0.15) is 53.8 Å². The average molecular weight is 841 g/mol. The molecule has 0 saturated heterocycles. The number of methoxy groups -OCH3 is 1. The molecule has 7 rings (SSSR count). The summed E-state index contributed by atoms with van der Waals surface area (Å²) in [6.45, 7) is 0.221. The Hall–Kier alpha value is -6.73. The molecule has 0 bridgehead atoms. The number of pyridine rings is 2. The summed E-state index contributed by atoms with van der Waals surface area (Å²) < 4.78 is 72.3. The highest BCUT2D eigenvalue weighted by molar-refractivity contribution is 7.92. The number of amides is 1. The van der Waals surface area contributed by atoms with Crippen molar-refractivity contribution < 1.29 is 36.3 Å². The minimum atomic E-state index is -4.43. The van der Waals surface area contributed by atoms with Crippen molar-refractivity contribution in [1.82, 2.24) is 34.4 Å². The Labute approximate surface area is 341 Å². The molecule has 2 aromatic carbocycles. The third-order valence-electron chi connectivity index (χ3n) is 10.00. The smallest absolute Gasteiger partial charge is 0.337 e. The number of rotatable bonds is 13. The molecule has 2 N–H and O–H groups in total. The van der Waals surface area contributed by atoms with Crippen molar-refractivity contribution in [2.45, 2.75) is 62.2 Å². The Kier molecular flexibility index (Phi) is 12.2. The number of hydrogen-bond acceptors (Lipinski definition) is 12. The maximum atomic E-state index is 15.6. The van der Waals surface area contributed by atoms with Crippen molar-refractivity contribution in [3.8, 4) is 16.9 Å². The molecule has 1 amide bonds. The molecule has 19 heteroatoms. The molecule has 310 valence electrons. The summed E-state index contributed by atoms with van der Waals surface area (Å²) >= 11 is 0. The molecule has 4 heterocycles. The number of halogens is 2. The van der Waals surface area contributed by atoms with Crippen LogP contribution in [0.3, 0.4) is 0 Å². The normalized spacial score (nSPS) is 13.8. The Balaban J connectivity index is 1.09. The van der Waals surface area contributed by atoms with Gasteiger partial charge in [0, 0.05) is 57.0 Å². The van der Waals surface area contributed by atoms with Gasteiger partial charge in [0.2, 0.25) is 0 Å². The van der Waals surface area contributed by atoms with E-state index in [1.807, 2.05) is 4.72 Å². The van der Waals surface area contributed by atoms with Crippen LogP contribution in [0.2, 0.25) is 0 Å². The van der Waals surface area contributed by atoms with Crippen molar-refractivity contribution in [2.75, 3.05) is 11.8 Å². The Bertz CT molecular complexity index is 2800. The molecule has 6 aromatic rings. The molecule has 0 radical (unpaired) electrons. The van der Waals surface area contributed by atoms with Gasteiger partial charge in [-0.15, -0.1) is 0 Å². The molecule has 1 aliphatic rings. The number of benzene rings is 2. The second-order valence-electron chi connectivity index (χ2n) is 14.1. The largest absolute Gasteiger partial charge is 0.461 e. The molecule has 16 nitrogen and oxygen atoms in total. The van der Waals surface area contributed by atoms with E-state index < -0.39 is 68.2 Å². The lowest BCUT2D eigenvalue weighted by Gasteiger charge is -2.25. The highest BCUT2D eigenvalue weighted by Gasteiger charge is 2.29. The maximum Gasteiger partial charge on any atom is 0.337 e. The fourth-order valence-corrected chi connectivity index (χ4v) is 7.86. The summed E-state index contributed by atoms with van der Waals surface area (Å²) in [5.74, 6) is -4.07. The van der Waals surface area contributed by atoms with Crippen LogP contribution >= 0.6 is 0 Å². The number of aromatic nitrogens is 6. The van der Waals surface area contributed by atoms with Gasteiger partial charge < -0.3 is 14.8 Å². The number of sulfonamides is 1. The van der Waals surface area contributed by atoms with Gasteiger partial charge in [0.25, 0.3) is 21.5 Å². The van der Waals surface area contributed by atoms with Crippen LogP contribution in [0.25, 0.3) is 27.8 Å². The van der Waals surface area contributed by atoms with E-state index in [1.54, 1.807) is 12.4 Å². The maximum absolute atomic E-state index is 15.6. The first-order valence-electron chi connectivity index (χ1n) is 18.8. The molecule has 0 aliphatic heterocycles. The SMILES string of the molecule is COCc1ncc(-c2ccc(S(=O)(=O)Nc3cc(F)c(C(=O)N[C@@H](Cc4ccc(-n5c(=O)c6ccncc6n(C)c5=O)nc4)C(=O)OC4CCCCC4)cc3F)cc2)cn1. The van der Waals surface area contributed by atoms with Gasteiger partial charge in [0.1, 0.15) is 36.2 Å². The van der Waals surface area contributed by atoms with Crippen LogP contribution in [0.5, 0.6) is 0 Å². The Morgan fingerprint density at radius 1 is 0.900 bits per heavy atom. The van der Waals surface area contributed by atoms with Crippen molar-refractivity contribution in [2.24, 2.45) is 7.05 Å². The number of nitrogens with one attached hydrogen (secondary N) is 2. The van der Waals surface area contributed by atoms with Gasteiger partial charge in [0.15, 0.2) is 5.82 Å². The fraction of sp³-hybridized carbons (Fsp3) is 0.268. The zero-order valence-corrected chi connectivity index (χ0v) is 33.1. The van der Waals surface area contributed by atoms with Gasteiger partial charge in [-0.1, -0.05) is 24.6 Å². The Morgan fingerprint density at radius 3 is 2.32 bits per heavy atom. The molecule has 0 unspecified atom stereocenters. The van der Waals surface area contributed by atoms with E-state index in [2.05, 4.69) is 25.3 Å². The van der Waals surface area contributed by atoms with E-state index >= 15 is 8.78 Å². The number of carbonyl (C=O) groups is 2. The predicted octanol–water partition coefficient (Wildman–Crippen LogP) is 4.38. The van der Waals surface area contributed by atoms with Gasteiger partial charge >= 0.3 is 11.7 Å². The zero-order chi connectivity index (χ0) is 42.6. The van der Waals surface area contributed by atoms with Crippen molar-refractivity contribution >= 4 is 38.5 Å². The minimum Gasteiger partial charge on any atom is -0.461 e. The molecular weight excluding hydrogens is 803 g/mol. The molecular formula is C41H38F2N8O8S. The van der Waals surface area contributed by atoms with E-state index in [9.17, 15) is 27.6 Å². The highest BCUT2D eigenvalue weighted by Crippen LogP contribution is 2.26. The van der Waals surface area contributed by atoms with Gasteiger partial charge in [-0.2, -0.15) is 0 Å². The number of carbonyl (C=O) groups excluding carboxylic acids is 2. The summed E-state index contributed by atoms with van der Waals surface area (Å²) in [7, 11) is -1.43. The van der Waals surface area contributed by atoms with Crippen LogP contribution < -0.4 is 21.3 Å². The fourth-order valence-electron chi connectivity index (χ4n) is 6.80. The molecule has 4 aromatic heterocycles. The lowest BCUT2D eigenvalue weighted by atomic mass is 9.97. The zero-order valence-electron chi connectivity index (χ0n) is 32.3. The van der Waals surface area contributed by atoms with E-state index in [0.717, 1.165) is 23.8 Å². The highest BCUT2D eigenvalue weighted by atomic mass is 32.2. The standard InChI is InChI=1S/C41H38F2N8O8S/c1-50-35-22-44-15-14-29(35)39(53)51(41(50)55)37-13-8-24(19-47-37)16-34(40(54)59-27-6-4-3-5-7-27)48-38(52)30-17-32(43)33(18-31(30)42)49-60(56,57)28-11-9-25(10-12-28)26-20-45-36(23-58-2)46-21-26/h8-15,17-22,27,34,49H,3-7,16,23H2,1-2H3,(H,48,52)/t34-/m0/s1. The Morgan fingerprint density at radius 2 is 1.63 bits per heavy atom. The van der Waals surface area contributed by atoms with Crippen LogP contribution in [-0.2, 0) is 44.4 Å². The number of anilines is 1. The molecule has 1 fully saturated rings. The molecule has 1 atom stereocenters. The first-order chi connectivity index (χ1) is 28.8. The first-order valence-corrected chi connectivity index (χ1v) is 20.3. The first kappa shape index (κ1) is 41.4. The van der Waals surface area contributed by atoms with Crippen LogP contribution in [0.15, 0.2) is 100 Å². The molecule has 60 heavy (non-hydrogen) atoms. The second-order valence-corrected chi connectivity index (χ2v) is 15.8. The number of nitrogens with zero attached hydrogens (tertiary/aromatic N) is 6. The monoisotopic (exact) mass is 840 g/mol. The third kappa shape index (κ3) is 8.96. The van der Waals surface area contributed by atoms with Crippen molar-refractivity contribution in [1.29, 1.82) is 0 Å². The summed E-state index contributed by atoms with van der Waals surface area (Å²) in [6.07, 6.45) is 10.5. The minimum absolute atomic E-state index is 0.00180. The number of hydrogen-bond donors (Lipinski definition) is 2. The predicted molar refractivity (Wildman–Crippen MR) is 214 cm³/mol. The summed E-state index contributed by atoms with van der Waals surface area (Å²) in [6, 6.07) is 9.58. The van der Waals surface area contributed by atoms with Crippen LogP contribution in [0, 0.1) is 11.6 Å². The topological polar surface area (TPSA) is 206 Å². The third-order valence-corrected chi connectivity index (χ3v) is 11.4. The molecule has 1 aliphatic carbocycles. The lowest BCUT2D eigenvalue weighted by Crippen LogP contribution is -2.45. The van der Waals surface area contributed by atoms with E-state index in [-0.39, 0.29) is 29.1 Å². The van der Waals surface area contributed by atoms with E-state index in [1.165, 1.54) is 79.8 Å². The average Bonchev–Trinajstić information content (AvgIpc) is 3.25. The van der Waals surface area contributed by atoms with Crippen LogP contribution in [0.4, 0.5) is 14.5 Å². The molecule has 0 spiro atoms. The molecule has 1 saturated carbocycles. The number of fused-ring (bicyclic) bond motifs is 1. The van der Waals surface area contributed by atoms with Gasteiger partial charge in [0.05, 0.1) is 33.2 Å². The lowest BCUT2D eigenvalue weighted by molar-refractivity contribution is -0.152. The summed E-state index contributed by atoms with van der Waals surface area (Å²) in [4.78, 5) is 69.8. The van der Waals surface area contributed by atoms with Crippen LogP contribution in [-0.4, -0.2) is 68.6 Å². The van der Waals surface area contributed by atoms with E-state index in [4.69, 9.17) is 9.47 Å². The quantitative estimate of drug-likeness (QED) is 0.156. The summed E-state index contributed by atoms with van der Waals surface area (Å²) in [5, 5.41) is 2.68. The number of ether oxygens (including phenoxy) is 2. The van der Waals surface area contributed by atoms with Crippen molar-refractivity contribution in [3.05, 3.63) is 135 Å². The van der Waals surface area contributed by atoms with Gasteiger partial charge in [-0.05, 0) is 67.1 Å². The van der Waals surface area contributed by atoms with Crippen molar-refractivity contribution in [3.63, 3.8) is 0 Å². The van der Waals surface area contributed by atoms with E-state index in [0.29, 0.717) is 53.0 Å².